The number of aromatic nitrogens is 1. The predicted octanol–water partition coefficient (Wildman–Crippen LogP) is 5.61. The Morgan fingerprint density at radius 1 is 1.21 bits per heavy atom. The predicted molar refractivity (Wildman–Crippen MR) is 142 cm³/mol. The van der Waals surface area contributed by atoms with Crippen molar-refractivity contribution >= 4 is 44.2 Å². The number of rotatable bonds is 6. The van der Waals surface area contributed by atoms with Crippen LogP contribution in [0, 0.1) is 13.8 Å². The maximum atomic E-state index is 13.8. The van der Waals surface area contributed by atoms with Crippen LogP contribution in [0.3, 0.4) is 0 Å². The fourth-order valence-electron chi connectivity index (χ4n) is 4.85. The summed E-state index contributed by atoms with van der Waals surface area (Å²) < 4.78 is 58.9. The molecule has 2 aromatic heterocycles. The Kier molecular flexibility index (Phi) is 7.55. The molecule has 8 nitrogen and oxygen atoms in total. The molecule has 1 fully saturated rings. The molecular weight excluding hydrogens is 540 g/mol. The number of pyridine rings is 1. The third kappa shape index (κ3) is 5.99. The number of alkyl halides is 2. The summed E-state index contributed by atoms with van der Waals surface area (Å²) in [7, 11) is -3.85. The Hall–Kier alpha value is -3.05. The van der Waals surface area contributed by atoms with Crippen molar-refractivity contribution in [2.24, 2.45) is 0 Å². The van der Waals surface area contributed by atoms with Crippen LogP contribution >= 0.6 is 11.6 Å². The molecule has 2 N–H and O–H groups in total. The number of carbonyl (C=O) groups is 1. The van der Waals surface area contributed by atoms with Crippen LogP contribution in [-0.2, 0) is 10.0 Å². The molecule has 12 heteroatoms. The lowest BCUT2D eigenvalue weighted by molar-refractivity contribution is -0.0395. The Labute approximate surface area is 223 Å². The quantitative estimate of drug-likeness (QED) is 0.371. The molecule has 1 aliphatic carbocycles. The molecule has 0 bridgehead atoms. The molecule has 0 saturated heterocycles. The standard InChI is InChI=1S/C26H28ClF2N3O5S/c1-13-11-17(15(3)30-19-5-6-20(27)31-21(19)25(34)32-38(4,35)36)24-18(12-13)22(33)14(2)23(37-24)16-7-9-26(28,29)10-8-16/h5-6,11-12,15-16,30H,7-10H2,1-4H3,(H,32,34)/t15-/m1/s1. The minimum absolute atomic E-state index is 0.00738. The van der Waals surface area contributed by atoms with Gasteiger partial charge in [0.15, 0.2) is 11.1 Å². The average Bonchev–Trinajstić information content (AvgIpc) is 2.81. The molecule has 4 rings (SSSR count). The first-order valence-corrected chi connectivity index (χ1v) is 14.3. The van der Waals surface area contributed by atoms with Gasteiger partial charge in [-0.3, -0.25) is 9.59 Å². The van der Waals surface area contributed by atoms with E-state index >= 15 is 0 Å². The number of halogens is 3. The van der Waals surface area contributed by atoms with Crippen LogP contribution < -0.4 is 15.5 Å². The smallest absolute Gasteiger partial charge is 0.285 e. The van der Waals surface area contributed by atoms with Crippen LogP contribution in [0.4, 0.5) is 14.5 Å². The Bertz CT molecular complexity index is 1580. The fourth-order valence-corrected chi connectivity index (χ4v) is 5.43. The molecule has 1 amide bonds. The van der Waals surface area contributed by atoms with Crippen LogP contribution in [0.15, 0.2) is 33.5 Å². The molecular formula is C26H28ClF2N3O5S. The number of carbonyl (C=O) groups excluding carboxylic acids is 1. The topological polar surface area (TPSA) is 118 Å². The summed E-state index contributed by atoms with van der Waals surface area (Å²) in [6.07, 6.45) is 0.747. The van der Waals surface area contributed by atoms with Crippen LogP contribution in [0.2, 0.25) is 5.15 Å². The fraction of sp³-hybridized carbons (Fsp3) is 0.423. The van der Waals surface area contributed by atoms with Gasteiger partial charge in [-0.1, -0.05) is 17.7 Å². The first-order chi connectivity index (χ1) is 17.6. The molecule has 1 aliphatic rings. The second-order valence-electron chi connectivity index (χ2n) is 9.88. The highest BCUT2D eigenvalue weighted by molar-refractivity contribution is 7.89. The van der Waals surface area contributed by atoms with Crippen molar-refractivity contribution in [1.82, 2.24) is 9.71 Å². The van der Waals surface area contributed by atoms with Gasteiger partial charge in [0.1, 0.15) is 16.5 Å². The van der Waals surface area contributed by atoms with Crippen LogP contribution in [0.1, 0.15) is 77.5 Å². The third-order valence-electron chi connectivity index (χ3n) is 6.71. The molecule has 1 aromatic carbocycles. The molecule has 0 unspecified atom stereocenters. The number of nitrogens with zero attached hydrogens (tertiary/aromatic N) is 1. The summed E-state index contributed by atoms with van der Waals surface area (Å²) in [5, 5.41) is 3.50. The Morgan fingerprint density at radius 2 is 1.87 bits per heavy atom. The molecule has 2 heterocycles. The van der Waals surface area contributed by atoms with E-state index in [1.807, 2.05) is 17.7 Å². The second kappa shape index (κ2) is 10.3. The molecule has 0 radical (unpaired) electrons. The second-order valence-corrected chi connectivity index (χ2v) is 12.0. The van der Waals surface area contributed by atoms with Gasteiger partial charge in [-0.15, -0.1) is 0 Å². The number of aryl methyl sites for hydroxylation is 1. The first-order valence-electron chi connectivity index (χ1n) is 12.1. The summed E-state index contributed by atoms with van der Waals surface area (Å²) in [5.41, 5.74) is 1.88. The van der Waals surface area contributed by atoms with Gasteiger partial charge in [0.05, 0.1) is 23.4 Å². The molecule has 3 aromatic rings. The van der Waals surface area contributed by atoms with Gasteiger partial charge in [0, 0.05) is 29.9 Å². The van der Waals surface area contributed by atoms with Gasteiger partial charge < -0.3 is 9.73 Å². The number of hydrogen-bond acceptors (Lipinski definition) is 7. The van der Waals surface area contributed by atoms with Crippen molar-refractivity contribution in [3.8, 4) is 0 Å². The molecule has 38 heavy (non-hydrogen) atoms. The number of sulfonamides is 1. The van der Waals surface area contributed by atoms with E-state index in [9.17, 15) is 26.8 Å². The zero-order valence-corrected chi connectivity index (χ0v) is 22.9. The number of amides is 1. The van der Waals surface area contributed by atoms with Gasteiger partial charge in [0.25, 0.3) is 5.91 Å². The van der Waals surface area contributed by atoms with Crippen molar-refractivity contribution in [3.63, 3.8) is 0 Å². The largest absolute Gasteiger partial charge is 0.460 e. The average molecular weight is 568 g/mol. The van der Waals surface area contributed by atoms with Crippen molar-refractivity contribution < 1.29 is 26.4 Å². The SMILES string of the molecule is Cc1cc([C@@H](C)Nc2ccc(Cl)nc2C(=O)NS(C)(=O)=O)c2oc(C3CCC(F)(F)CC3)c(C)c(=O)c2c1. The lowest BCUT2D eigenvalue weighted by Gasteiger charge is -2.28. The third-order valence-corrected chi connectivity index (χ3v) is 7.48. The van der Waals surface area contributed by atoms with Crippen molar-refractivity contribution in [2.75, 3.05) is 11.6 Å². The number of benzene rings is 1. The van der Waals surface area contributed by atoms with Gasteiger partial charge in [-0.2, -0.15) is 0 Å². The number of fused-ring (bicyclic) bond motifs is 1. The first kappa shape index (κ1) is 28.0. The van der Waals surface area contributed by atoms with E-state index in [1.165, 1.54) is 12.1 Å². The van der Waals surface area contributed by atoms with Crippen LogP contribution in [0.25, 0.3) is 11.0 Å². The van der Waals surface area contributed by atoms with E-state index in [2.05, 4.69) is 10.3 Å². The van der Waals surface area contributed by atoms with E-state index in [0.29, 0.717) is 27.9 Å². The molecule has 1 saturated carbocycles. The van der Waals surface area contributed by atoms with Crippen molar-refractivity contribution in [3.05, 3.63) is 67.8 Å². The van der Waals surface area contributed by atoms with E-state index in [1.54, 1.807) is 19.9 Å². The molecule has 1 atom stereocenters. The lowest BCUT2D eigenvalue weighted by atomic mass is 9.83. The zero-order chi connectivity index (χ0) is 28.0. The highest BCUT2D eigenvalue weighted by Crippen LogP contribution is 2.42. The van der Waals surface area contributed by atoms with Crippen molar-refractivity contribution in [2.45, 2.75) is 64.3 Å². The highest BCUT2D eigenvalue weighted by atomic mass is 35.5. The summed E-state index contributed by atoms with van der Waals surface area (Å²) in [5.74, 6) is -3.55. The van der Waals surface area contributed by atoms with Gasteiger partial charge in [0.2, 0.25) is 15.9 Å². The maximum Gasteiger partial charge on any atom is 0.285 e. The zero-order valence-electron chi connectivity index (χ0n) is 21.3. The molecule has 204 valence electrons. The minimum atomic E-state index is -3.85. The Morgan fingerprint density at radius 3 is 2.50 bits per heavy atom. The van der Waals surface area contributed by atoms with E-state index < -0.39 is 27.9 Å². The van der Waals surface area contributed by atoms with Crippen LogP contribution in [-0.4, -0.2) is 31.5 Å². The minimum Gasteiger partial charge on any atom is -0.460 e. The van der Waals surface area contributed by atoms with Gasteiger partial charge >= 0.3 is 0 Å². The van der Waals surface area contributed by atoms with E-state index in [-0.39, 0.29) is 53.6 Å². The van der Waals surface area contributed by atoms with Crippen LogP contribution in [0.5, 0.6) is 0 Å². The summed E-state index contributed by atoms with van der Waals surface area (Å²) in [4.78, 5) is 29.9. The number of nitrogens with one attached hydrogen (secondary N) is 2. The van der Waals surface area contributed by atoms with Gasteiger partial charge in [-0.25, -0.2) is 26.9 Å². The Balaban J connectivity index is 1.77. The summed E-state index contributed by atoms with van der Waals surface area (Å²) in [6, 6.07) is 5.95. The van der Waals surface area contributed by atoms with Crippen molar-refractivity contribution in [1.29, 1.82) is 0 Å². The number of hydrogen-bond donors (Lipinski definition) is 2. The summed E-state index contributed by atoms with van der Waals surface area (Å²) >= 11 is 5.96. The highest BCUT2D eigenvalue weighted by Gasteiger charge is 2.37. The summed E-state index contributed by atoms with van der Waals surface area (Å²) in [6.45, 7) is 5.27. The monoisotopic (exact) mass is 567 g/mol. The van der Waals surface area contributed by atoms with Gasteiger partial charge in [-0.05, 0) is 57.4 Å². The van der Waals surface area contributed by atoms with E-state index in [4.69, 9.17) is 16.0 Å². The number of anilines is 1. The normalized spacial score (nSPS) is 16.8. The van der Waals surface area contributed by atoms with E-state index in [0.717, 1.165) is 11.8 Å². The maximum absolute atomic E-state index is 13.8. The molecule has 0 spiro atoms. The lowest BCUT2D eigenvalue weighted by Crippen LogP contribution is -2.31. The molecule has 0 aliphatic heterocycles.